The Morgan fingerprint density at radius 1 is 1.35 bits per heavy atom. The number of nitro groups is 1. The summed E-state index contributed by atoms with van der Waals surface area (Å²) in [5.41, 5.74) is 4.52. The van der Waals surface area contributed by atoms with Crippen LogP contribution in [0.4, 0.5) is 5.69 Å². The van der Waals surface area contributed by atoms with Gasteiger partial charge in [0.2, 0.25) is 5.91 Å². The zero-order chi connectivity index (χ0) is 18.0. The first kappa shape index (κ1) is 19.9. The van der Waals surface area contributed by atoms with Crippen molar-refractivity contribution in [2.75, 3.05) is 0 Å². The SMILES string of the molecule is Cc1nn(CCC(=O)NCc2ccc3c(c2)CNC3)c(C)c1[N+](=O)[O-].Cl. The van der Waals surface area contributed by atoms with E-state index in [1.165, 1.54) is 15.8 Å². The molecule has 8 nitrogen and oxygen atoms in total. The summed E-state index contributed by atoms with van der Waals surface area (Å²) in [7, 11) is 0. The molecule has 1 aliphatic rings. The molecule has 1 amide bonds. The number of amides is 1. The number of aromatic nitrogens is 2. The lowest BCUT2D eigenvalue weighted by Crippen LogP contribution is -2.24. The number of rotatable bonds is 6. The largest absolute Gasteiger partial charge is 0.352 e. The highest BCUT2D eigenvalue weighted by atomic mass is 35.5. The van der Waals surface area contributed by atoms with Gasteiger partial charge in [-0.15, -0.1) is 12.4 Å². The second-order valence-corrected chi connectivity index (χ2v) is 6.23. The molecular formula is C17H22ClN5O3. The molecule has 0 bridgehead atoms. The summed E-state index contributed by atoms with van der Waals surface area (Å²) >= 11 is 0. The van der Waals surface area contributed by atoms with Crippen molar-refractivity contribution in [1.29, 1.82) is 0 Å². The van der Waals surface area contributed by atoms with Crippen molar-refractivity contribution in [2.24, 2.45) is 0 Å². The van der Waals surface area contributed by atoms with Crippen molar-refractivity contribution in [3.05, 3.63) is 56.4 Å². The summed E-state index contributed by atoms with van der Waals surface area (Å²) in [5, 5.41) is 21.3. The predicted octanol–water partition coefficient (Wildman–Crippen LogP) is 2.14. The molecule has 0 radical (unpaired) electrons. The maximum absolute atomic E-state index is 12.1. The van der Waals surface area contributed by atoms with Crippen LogP contribution in [-0.2, 0) is 31.0 Å². The summed E-state index contributed by atoms with van der Waals surface area (Å²) in [4.78, 5) is 22.6. The molecule has 0 saturated carbocycles. The molecule has 2 aromatic rings. The molecule has 1 aromatic heterocycles. The number of nitrogens with zero attached hydrogens (tertiary/aromatic N) is 3. The molecule has 0 saturated heterocycles. The lowest BCUT2D eigenvalue weighted by Gasteiger charge is -2.08. The van der Waals surface area contributed by atoms with Crippen molar-refractivity contribution >= 4 is 24.0 Å². The lowest BCUT2D eigenvalue weighted by molar-refractivity contribution is -0.386. The van der Waals surface area contributed by atoms with Crippen molar-refractivity contribution in [2.45, 2.75) is 46.4 Å². The number of hydrogen-bond acceptors (Lipinski definition) is 5. The minimum absolute atomic E-state index is 0. The molecule has 0 aliphatic carbocycles. The Hall–Kier alpha value is -2.45. The molecule has 26 heavy (non-hydrogen) atoms. The standard InChI is InChI=1S/C17H21N5O3.ClH/c1-11-17(22(24)25)12(2)21(20-11)6-5-16(23)19-8-13-3-4-14-9-18-10-15(14)7-13;/h3-4,7,18H,5-6,8-10H2,1-2H3,(H,19,23);1H. The Kier molecular flexibility index (Phi) is 6.33. The van der Waals surface area contributed by atoms with E-state index in [0.717, 1.165) is 18.7 Å². The molecule has 3 rings (SSSR count). The van der Waals surface area contributed by atoms with E-state index in [2.05, 4.69) is 27.9 Å². The average molecular weight is 380 g/mol. The third-order valence-corrected chi connectivity index (χ3v) is 4.47. The van der Waals surface area contributed by atoms with Gasteiger partial charge >= 0.3 is 5.69 Å². The molecule has 2 heterocycles. The van der Waals surface area contributed by atoms with Crippen LogP contribution in [-0.4, -0.2) is 20.6 Å². The van der Waals surface area contributed by atoms with Crippen LogP contribution in [0.2, 0.25) is 0 Å². The minimum Gasteiger partial charge on any atom is -0.352 e. The predicted molar refractivity (Wildman–Crippen MR) is 99.1 cm³/mol. The molecule has 0 unspecified atom stereocenters. The highest BCUT2D eigenvalue weighted by Gasteiger charge is 2.21. The normalized spacial score (nSPS) is 12.4. The molecule has 1 aromatic carbocycles. The fraction of sp³-hybridized carbons (Fsp3) is 0.412. The lowest BCUT2D eigenvalue weighted by atomic mass is 10.1. The topological polar surface area (TPSA) is 102 Å². The number of benzene rings is 1. The van der Waals surface area contributed by atoms with E-state index in [1.54, 1.807) is 13.8 Å². The number of carbonyl (C=O) groups excluding carboxylic acids is 1. The van der Waals surface area contributed by atoms with E-state index in [4.69, 9.17) is 0 Å². The Balaban J connectivity index is 0.00000243. The van der Waals surface area contributed by atoms with Crippen molar-refractivity contribution in [3.8, 4) is 0 Å². The number of fused-ring (bicyclic) bond motifs is 1. The van der Waals surface area contributed by atoms with Crippen LogP contribution < -0.4 is 10.6 Å². The Labute approximate surface area is 157 Å². The fourth-order valence-electron chi connectivity index (χ4n) is 3.12. The summed E-state index contributed by atoms with van der Waals surface area (Å²) in [6.45, 7) is 5.81. The van der Waals surface area contributed by atoms with Gasteiger partial charge in [-0.2, -0.15) is 5.10 Å². The van der Waals surface area contributed by atoms with Crippen LogP contribution in [0.15, 0.2) is 18.2 Å². The van der Waals surface area contributed by atoms with E-state index < -0.39 is 4.92 Å². The van der Waals surface area contributed by atoms with Crippen LogP contribution >= 0.6 is 12.4 Å². The van der Waals surface area contributed by atoms with Gasteiger partial charge in [0.15, 0.2) is 0 Å². The Morgan fingerprint density at radius 2 is 2.08 bits per heavy atom. The van der Waals surface area contributed by atoms with E-state index in [1.807, 2.05) is 6.07 Å². The van der Waals surface area contributed by atoms with Crippen molar-refractivity contribution in [1.82, 2.24) is 20.4 Å². The van der Waals surface area contributed by atoms with Crippen LogP contribution in [0, 0.1) is 24.0 Å². The van der Waals surface area contributed by atoms with Crippen LogP contribution in [0.3, 0.4) is 0 Å². The van der Waals surface area contributed by atoms with Gasteiger partial charge in [0.05, 0.1) is 11.5 Å². The number of hydrogen-bond donors (Lipinski definition) is 2. The highest BCUT2D eigenvalue weighted by molar-refractivity contribution is 5.85. The number of nitrogens with one attached hydrogen (secondary N) is 2. The number of carbonyl (C=O) groups is 1. The molecule has 0 fully saturated rings. The van der Waals surface area contributed by atoms with Gasteiger partial charge in [0, 0.05) is 26.1 Å². The first-order chi connectivity index (χ1) is 12.0. The monoisotopic (exact) mass is 379 g/mol. The highest BCUT2D eigenvalue weighted by Crippen LogP contribution is 2.22. The third kappa shape index (κ3) is 4.20. The van der Waals surface area contributed by atoms with Gasteiger partial charge < -0.3 is 10.6 Å². The zero-order valence-electron chi connectivity index (χ0n) is 14.7. The maximum Gasteiger partial charge on any atom is 0.312 e. The number of halogens is 1. The van der Waals surface area contributed by atoms with Gasteiger partial charge in [0.1, 0.15) is 11.4 Å². The van der Waals surface area contributed by atoms with E-state index >= 15 is 0 Å². The molecule has 0 spiro atoms. The van der Waals surface area contributed by atoms with Gasteiger partial charge in [-0.05, 0) is 30.5 Å². The summed E-state index contributed by atoms with van der Waals surface area (Å²) in [5.74, 6) is -0.103. The van der Waals surface area contributed by atoms with E-state index in [0.29, 0.717) is 24.5 Å². The molecular weight excluding hydrogens is 358 g/mol. The first-order valence-corrected chi connectivity index (χ1v) is 8.22. The third-order valence-electron chi connectivity index (χ3n) is 4.47. The summed E-state index contributed by atoms with van der Waals surface area (Å²) in [6, 6.07) is 6.22. The first-order valence-electron chi connectivity index (χ1n) is 8.22. The van der Waals surface area contributed by atoms with Gasteiger partial charge in [-0.1, -0.05) is 18.2 Å². The second-order valence-electron chi connectivity index (χ2n) is 6.23. The quantitative estimate of drug-likeness (QED) is 0.591. The van der Waals surface area contributed by atoms with Gasteiger partial charge in [-0.25, -0.2) is 0 Å². The summed E-state index contributed by atoms with van der Waals surface area (Å²) < 4.78 is 1.52. The molecule has 0 atom stereocenters. The van der Waals surface area contributed by atoms with Crippen LogP contribution in [0.5, 0.6) is 0 Å². The van der Waals surface area contributed by atoms with Crippen LogP contribution in [0.1, 0.15) is 34.5 Å². The maximum atomic E-state index is 12.1. The van der Waals surface area contributed by atoms with E-state index in [-0.39, 0.29) is 30.4 Å². The minimum atomic E-state index is -0.434. The van der Waals surface area contributed by atoms with Gasteiger partial charge in [0.25, 0.3) is 0 Å². The van der Waals surface area contributed by atoms with E-state index in [9.17, 15) is 14.9 Å². The fourth-order valence-corrected chi connectivity index (χ4v) is 3.12. The number of aryl methyl sites for hydroxylation is 2. The van der Waals surface area contributed by atoms with Gasteiger partial charge in [-0.3, -0.25) is 19.6 Å². The van der Waals surface area contributed by atoms with Crippen LogP contribution in [0.25, 0.3) is 0 Å². The Morgan fingerprint density at radius 3 is 2.77 bits per heavy atom. The van der Waals surface area contributed by atoms with Crippen molar-refractivity contribution in [3.63, 3.8) is 0 Å². The zero-order valence-corrected chi connectivity index (χ0v) is 15.6. The molecule has 140 valence electrons. The smallest absolute Gasteiger partial charge is 0.312 e. The second kappa shape index (κ2) is 8.29. The summed E-state index contributed by atoms with van der Waals surface area (Å²) in [6.07, 6.45) is 0.228. The molecule has 1 aliphatic heterocycles. The molecule has 2 N–H and O–H groups in total. The molecule has 9 heteroatoms. The Bertz CT molecular complexity index is 834. The average Bonchev–Trinajstić information content (AvgIpc) is 3.14. The van der Waals surface area contributed by atoms with Crippen molar-refractivity contribution < 1.29 is 9.72 Å².